The molecule has 0 radical (unpaired) electrons. The number of phenolic OH excluding ortho intramolecular Hbond substituents is 1. The Morgan fingerprint density at radius 1 is 1.05 bits per heavy atom. The molecule has 2 amide bonds. The first-order valence-corrected chi connectivity index (χ1v) is 12.2. The van der Waals surface area contributed by atoms with Crippen molar-refractivity contribution in [3.05, 3.63) is 95.7 Å². The first kappa shape index (κ1) is 24.2. The quantitative estimate of drug-likeness (QED) is 0.327. The van der Waals surface area contributed by atoms with Crippen LogP contribution in [0.15, 0.2) is 73.1 Å². The number of carbonyl (C=O) groups excluding carboxylic acids is 2. The third kappa shape index (κ3) is 5.50. The molecule has 1 saturated carbocycles. The summed E-state index contributed by atoms with van der Waals surface area (Å²) >= 11 is 0. The molecule has 1 aliphatic rings. The molecule has 0 unspecified atom stereocenters. The summed E-state index contributed by atoms with van der Waals surface area (Å²) in [5, 5.41) is 20.9. The number of nitrogens with one attached hydrogen (secondary N) is 2. The Bertz CT molecular complexity index is 1410. The Morgan fingerprint density at radius 3 is 2.54 bits per heavy atom. The van der Waals surface area contributed by atoms with Crippen molar-refractivity contribution in [1.29, 1.82) is 0 Å². The third-order valence-corrected chi connectivity index (χ3v) is 6.52. The molecular formula is C28H26FN5O3. The van der Waals surface area contributed by atoms with E-state index in [0.717, 1.165) is 36.9 Å². The van der Waals surface area contributed by atoms with Crippen molar-refractivity contribution in [3.8, 4) is 17.0 Å². The van der Waals surface area contributed by atoms with Gasteiger partial charge in [0.2, 0.25) is 0 Å². The summed E-state index contributed by atoms with van der Waals surface area (Å²) in [5.74, 6) is -0.556. The molecule has 37 heavy (non-hydrogen) atoms. The number of anilines is 1. The van der Waals surface area contributed by atoms with Gasteiger partial charge in [0, 0.05) is 42.2 Å². The first-order valence-electron chi connectivity index (χ1n) is 12.2. The summed E-state index contributed by atoms with van der Waals surface area (Å²) in [4.78, 5) is 29.5. The van der Waals surface area contributed by atoms with Crippen molar-refractivity contribution in [2.45, 2.75) is 38.1 Å². The molecule has 188 valence electrons. The molecule has 0 spiro atoms. The summed E-state index contributed by atoms with van der Waals surface area (Å²) in [7, 11) is 0. The molecule has 0 saturated heterocycles. The van der Waals surface area contributed by atoms with Gasteiger partial charge in [0.25, 0.3) is 5.91 Å². The zero-order valence-corrected chi connectivity index (χ0v) is 20.0. The van der Waals surface area contributed by atoms with E-state index >= 15 is 0 Å². The SMILES string of the molecule is O=C(Nc1ccc(-c2cc(C3CCCC3)n(C(=O)NCc3ccc(F)cc3)n2)c(O)c1)c1cccnc1. The summed E-state index contributed by atoms with van der Waals surface area (Å²) in [6.07, 6.45) is 7.13. The van der Waals surface area contributed by atoms with Crippen LogP contribution in [0.5, 0.6) is 5.75 Å². The topological polar surface area (TPSA) is 109 Å². The number of aromatic hydroxyl groups is 1. The summed E-state index contributed by atoms with van der Waals surface area (Å²) in [6.45, 7) is 0.231. The molecule has 2 aromatic heterocycles. The van der Waals surface area contributed by atoms with E-state index in [1.54, 1.807) is 42.6 Å². The maximum Gasteiger partial charge on any atom is 0.342 e. The van der Waals surface area contributed by atoms with E-state index in [-0.39, 0.29) is 29.9 Å². The van der Waals surface area contributed by atoms with E-state index in [1.165, 1.54) is 29.1 Å². The van der Waals surface area contributed by atoms with Gasteiger partial charge in [-0.15, -0.1) is 0 Å². The molecule has 2 heterocycles. The van der Waals surface area contributed by atoms with Crippen LogP contribution in [0.25, 0.3) is 11.3 Å². The molecule has 1 aliphatic carbocycles. The standard InChI is InChI=1S/C28H26FN5O3/c29-21-9-7-18(8-10-21)16-31-28(37)34-25(19-4-1-2-5-19)15-24(33-34)23-12-11-22(14-26(23)35)32-27(36)20-6-3-13-30-17-20/h3,6-15,17,19,35H,1-2,4-5,16H2,(H,31,37)(H,32,36). The van der Waals surface area contributed by atoms with Crippen LogP contribution in [0, 0.1) is 5.82 Å². The molecule has 5 rings (SSSR count). The normalized spacial score (nSPS) is 13.4. The van der Waals surface area contributed by atoms with Gasteiger partial charge in [-0.25, -0.2) is 9.18 Å². The second-order valence-corrected chi connectivity index (χ2v) is 9.06. The van der Waals surface area contributed by atoms with Gasteiger partial charge in [0.05, 0.1) is 17.0 Å². The number of carbonyl (C=O) groups is 2. The zero-order valence-electron chi connectivity index (χ0n) is 20.0. The Kier molecular flexibility index (Phi) is 6.93. The van der Waals surface area contributed by atoms with Crippen molar-refractivity contribution in [2.75, 3.05) is 5.32 Å². The highest BCUT2D eigenvalue weighted by Gasteiger charge is 2.26. The Labute approximate surface area is 213 Å². The van der Waals surface area contributed by atoms with Gasteiger partial charge in [0.15, 0.2) is 0 Å². The van der Waals surface area contributed by atoms with E-state index in [0.29, 0.717) is 22.5 Å². The van der Waals surface area contributed by atoms with E-state index in [4.69, 9.17) is 0 Å². The van der Waals surface area contributed by atoms with Crippen LogP contribution in [0.4, 0.5) is 14.9 Å². The van der Waals surface area contributed by atoms with Gasteiger partial charge < -0.3 is 15.7 Å². The van der Waals surface area contributed by atoms with E-state index < -0.39 is 6.03 Å². The fraction of sp³-hybridized carbons (Fsp3) is 0.214. The number of pyridine rings is 1. The monoisotopic (exact) mass is 499 g/mol. The van der Waals surface area contributed by atoms with Gasteiger partial charge in [-0.05, 0) is 60.9 Å². The smallest absolute Gasteiger partial charge is 0.342 e. The lowest BCUT2D eigenvalue weighted by Crippen LogP contribution is -2.30. The lowest BCUT2D eigenvalue weighted by atomic mass is 10.0. The highest BCUT2D eigenvalue weighted by Crippen LogP contribution is 2.38. The van der Waals surface area contributed by atoms with Gasteiger partial charge in [-0.3, -0.25) is 9.78 Å². The summed E-state index contributed by atoms with van der Waals surface area (Å²) in [6, 6.07) is 15.5. The fourth-order valence-corrected chi connectivity index (χ4v) is 4.58. The number of nitrogens with zero attached hydrogens (tertiary/aromatic N) is 3. The highest BCUT2D eigenvalue weighted by atomic mass is 19.1. The highest BCUT2D eigenvalue weighted by molar-refractivity contribution is 6.04. The molecule has 0 bridgehead atoms. The van der Waals surface area contributed by atoms with E-state index in [2.05, 4.69) is 20.7 Å². The van der Waals surface area contributed by atoms with Gasteiger partial charge >= 0.3 is 6.03 Å². The van der Waals surface area contributed by atoms with Crippen molar-refractivity contribution < 1.29 is 19.1 Å². The number of hydrogen-bond acceptors (Lipinski definition) is 5. The maximum atomic E-state index is 13.2. The van der Waals surface area contributed by atoms with Crippen molar-refractivity contribution in [1.82, 2.24) is 20.1 Å². The minimum Gasteiger partial charge on any atom is -0.507 e. The molecule has 1 fully saturated rings. The fourth-order valence-electron chi connectivity index (χ4n) is 4.58. The van der Waals surface area contributed by atoms with Crippen molar-refractivity contribution >= 4 is 17.6 Å². The Balaban J connectivity index is 1.37. The maximum absolute atomic E-state index is 13.2. The van der Waals surface area contributed by atoms with Gasteiger partial charge in [-0.1, -0.05) is 25.0 Å². The minimum absolute atomic E-state index is 0.0710. The number of aromatic nitrogens is 3. The number of phenols is 1. The predicted molar refractivity (Wildman–Crippen MR) is 137 cm³/mol. The number of amides is 2. The summed E-state index contributed by atoms with van der Waals surface area (Å²) in [5.41, 5.74) is 3.29. The molecule has 0 atom stereocenters. The van der Waals surface area contributed by atoms with Crippen LogP contribution in [-0.4, -0.2) is 31.8 Å². The largest absolute Gasteiger partial charge is 0.507 e. The lowest BCUT2D eigenvalue weighted by Gasteiger charge is -2.12. The van der Waals surface area contributed by atoms with Crippen molar-refractivity contribution in [2.24, 2.45) is 0 Å². The molecule has 0 aliphatic heterocycles. The predicted octanol–water partition coefficient (Wildman–Crippen LogP) is 5.46. The number of rotatable bonds is 6. The third-order valence-electron chi connectivity index (χ3n) is 6.52. The average Bonchev–Trinajstić information content (AvgIpc) is 3.59. The van der Waals surface area contributed by atoms with Crippen LogP contribution >= 0.6 is 0 Å². The minimum atomic E-state index is -0.391. The van der Waals surface area contributed by atoms with Crippen LogP contribution in [-0.2, 0) is 6.54 Å². The number of hydrogen-bond donors (Lipinski definition) is 3. The number of halogens is 1. The molecular weight excluding hydrogens is 473 g/mol. The van der Waals surface area contributed by atoms with Crippen LogP contribution < -0.4 is 10.6 Å². The molecule has 3 N–H and O–H groups in total. The van der Waals surface area contributed by atoms with E-state index in [1.807, 2.05) is 6.07 Å². The van der Waals surface area contributed by atoms with Crippen LogP contribution in [0.2, 0.25) is 0 Å². The number of benzene rings is 2. The average molecular weight is 500 g/mol. The molecule has 9 heteroatoms. The zero-order chi connectivity index (χ0) is 25.8. The Morgan fingerprint density at radius 2 is 1.84 bits per heavy atom. The van der Waals surface area contributed by atoms with Gasteiger partial charge in [-0.2, -0.15) is 9.78 Å². The molecule has 2 aromatic carbocycles. The van der Waals surface area contributed by atoms with Gasteiger partial charge in [0.1, 0.15) is 11.6 Å². The molecule has 4 aromatic rings. The summed E-state index contributed by atoms with van der Waals surface area (Å²) < 4.78 is 14.6. The van der Waals surface area contributed by atoms with E-state index in [9.17, 15) is 19.1 Å². The second-order valence-electron chi connectivity index (χ2n) is 9.06. The van der Waals surface area contributed by atoms with Crippen molar-refractivity contribution in [3.63, 3.8) is 0 Å². The van der Waals surface area contributed by atoms with Crippen LogP contribution in [0.1, 0.15) is 53.2 Å². The Hall–Kier alpha value is -4.53. The first-order chi connectivity index (χ1) is 18.0. The molecule has 8 nitrogen and oxygen atoms in total. The second kappa shape index (κ2) is 10.6. The lowest BCUT2D eigenvalue weighted by molar-refractivity contribution is 0.102. The van der Waals surface area contributed by atoms with Crippen LogP contribution in [0.3, 0.4) is 0 Å².